The lowest BCUT2D eigenvalue weighted by molar-refractivity contribution is 0.474. The van der Waals surface area contributed by atoms with Crippen LogP contribution in [0.15, 0.2) is 40.2 Å². The number of nitrogens with two attached hydrogens (primary N) is 1. The Morgan fingerprint density at radius 3 is 2.35 bits per heavy atom. The van der Waals surface area contributed by atoms with Crippen molar-refractivity contribution in [1.82, 2.24) is 0 Å². The lowest BCUT2D eigenvalue weighted by atomic mass is 10.1. The fourth-order valence-corrected chi connectivity index (χ4v) is 3.29. The van der Waals surface area contributed by atoms with Crippen LogP contribution in [0.2, 0.25) is 0 Å². The van der Waals surface area contributed by atoms with Crippen LogP contribution in [-0.4, -0.2) is 32.8 Å². The zero-order valence-electron chi connectivity index (χ0n) is 15.5. The van der Waals surface area contributed by atoms with E-state index in [-0.39, 0.29) is 10.6 Å². The van der Waals surface area contributed by atoms with Gasteiger partial charge in [0.25, 0.3) is 0 Å². The van der Waals surface area contributed by atoms with Crippen molar-refractivity contribution in [2.75, 3.05) is 18.0 Å². The van der Waals surface area contributed by atoms with Gasteiger partial charge in [-0.25, -0.2) is 13.6 Å². The zero-order valence-corrected chi connectivity index (χ0v) is 16.3. The van der Waals surface area contributed by atoms with E-state index in [1.165, 1.54) is 18.3 Å². The van der Waals surface area contributed by atoms with Gasteiger partial charge in [0.1, 0.15) is 5.75 Å². The summed E-state index contributed by atoms with van der Waals surface area (Å²) < 4.78 is 23.2. The molecule has 0 unspecified atom stereocenters. The molecule has 0 atom stereocenters. The van der Waals surface area contributed by atoms with Gasteiger partial charge in [-0.3, -0.25) is 4.99 Å². The molecule has 0 saturated heterocycles. The summed E-state index contributed by atoms with van der Waals surface area (Å²) in [6, 6.07) is 8.38. The maximum atomic E-state index is 11.6. The molecule has 0 heterocycles. The Labute approximate surface area is 155 Å². The number of sulfonamides is 1. The van der Waals surface area contributed by atoms with Crippen LogP contribution in [0.1, 0.15) is 30.5 Å². The highest BCUT2D eigenvalue weighted by atomic mass is 32.2. The van der Waals surface area contributed by atoms with Crippen molar-refractivity contribution < 1.29 is 13.5 Å². The van der Waals surface area contributed by atoms with Gasteiger partial charge >= 0.3 is 0 Å². The number of aliphatic imine (C=N–C) groups is 1. The SMILES string of the molecule is CCN(CC)c1ccc(C=Nc2cc(S(N)(=O)=O)cc(C)c2C)c(O)c1. The van der Waals surface area contributed by atoms with Gasteiger partial charge in [-0.2, -0.15) is 0 Å². The molecule has 0 aliphatic rings. The molecule has 140 valence electrons. The molecule has 0 radical (unpaired) electrons. The number of anilines is 1. The predicted octanol–water partition coefficient (Wildman–Crippen LogP) is 3.25. The minimum Gasteiger partial charge on any atom is -0.507 e. The van der Waals surface area contributed by atoms with E-state index in [4.69, 9.17) is 5.14 Å². The van der Waals surface area contributed by atoms with Crippen molar-refractivity contribution in [2.24, 2.45) is 10.1 Å². The van der Waals surface area contributed by atoms with Gasteiger partial charge in [0.15, 0.2) is 0 Å². The molecule has 26 heavy (non-hydrogen) atoms. The minimum absolute atomic E-state index is 0.0221. The summed E-state index contributed by atoms with van der Waals surface area (Å²) in [7, 11) is -3.81. The molecule has 0 aliphatic heterocycles. The lowest BCUT2D eigenvalue weighted by Gasteiger charge is -2.21. The van der Waals surface area contributed by atoms with E-state index in [9.17, 15) is 13.5 Å². The molecule has 6 nitrogen and oxygen atoms in total. The smallest absolute Gasteiger partial charge is 0.238 e. The number of rotatable bonds is 6. The molecule has 3 N–H and O–H groups in total. The van der Waals surface area contributed by atoms with E-state index >= 15 is 0 Å². The Kier molecular flexibility index (Phi) is 6.05. The molecule has 2 aromatic rings. The molecule has 0 bridgehead atoms. The Morgan fingerprint density at radius 2 is 1.81 bits per heavy atom. The third-order valence-corrected chi connectivity index (χ3v) is 5.32. The fourth-order valence-electron chi connectivity index (χ4n) is 2.67. The number of aromatic hydroxyl groups is 1. The first-order valence-corrected chi connectivity index (χ1v) is 9.98. The van der Waals surface area contributed by atoms with E-state index in [1.807, 2.05) is 13.0 Å². The van der Waals surface area contributed by atoms with Crippen LogP contribution >= 0.6 is 0 Å². The van der Waals surface area contributed by atoms with E-state index in [0.29, 0.717) is 11.3 Å². The van der Waals surface area contributed by atoms with Crippen LogP contribution in [0, 0.1) is 13.8 Å². The standard InChI is InChI=1S/C19H25N3O3S/c1-5-22(6-2)16-8-7-15(19(23)10-16)12-21-18-11-17(26(20,24)25)9-13(3)14(18)4/h7-12,23H,5-6H2,1-4H3,(H2,20,24,25). The number of primary sulfonamides is 1. The molecule has 0 aliphatic carbocycles. The zero-order chi connectivity index (χ0) is 19.5. The van der Waals surface area contributed by atoms with Crippen LogP contribution in [0.4, 0.5) is 11.4 Å². The number of benzene rings is 2. The largest absolute Gasteiger partial charge is 0.507 e. The third kappa shape index (κ3) is 4.42. The minimum atomic E-state index is -3.81. The van der Waals surface area contributed by atoms with E-state index in [1.54, 1.807) is 19.1 Å². The lowest BCUT2D eigenvalue weighted by Crippen LogP contribution is -2.21. The quantitative estimate of drug-likeness (QED) is 0.758. The first-order chi connectivity index (χ1) is 12.2. The average molecular weight is 375 g/mol. The van der Waals surface area contributed by atoms with Gasteiger partial charge < -0.3 is 10.0 Å². The Hall–Kier alpha value is -2.38. The van der Waals surface area contributed by atoms with Crippen molar-refractivity contribution >= 4 is 27.6 Å². The van der Waals surface area contributed by atoms with Crippen LogP contribution in [0.3, 0.4) is 0 Å². The first-order valence-electron chi connectivity index (χ1n) is 8.43. The average Bonchev–Trinajstić information content (AvgIpc) is 2.57. The van der Waals surface area contributed by atoms with Crippen molar-refractivity contribution in [3.8, 4) is 5.75 Å². The molecular weight excluding hydrogens is 350 g/mol. The summed E-state index contributed by atoms with van der Waals surface area (Å²) in [6.07, 6.45) is 1.52. The second-order valence-corrected chi connectivity index (χ2v) is 7.66. The highest BCUT2D eigenvalue weighted by Gasteiger charge is 2.12. The number of aryl methyl sites for hydroxylation is 1. The van der Waals surface area contributed by atoms with Crippen molar-refractivity contribution in [2.45, 2.75) is 32.6 Å². The van der Waals surface area contributed by atoms with Gasteiger partial charge in [-0.1, -0.05) is 0 Å². The summed E-state index contributed by atoms with van der Waals surface area (Å²) >= 11 is 0. The molecule has 7 heteroatoms. The van der Waals surface area contributed by atoms with Crippen LogP contribution in [0.25, 0.3) is 0 Å². The van der Waals surface area contributed by atoms with Crippen LogP contribution in [0.5, 0.6) is 5.75 Å². The highest BCUT2D eigenvalue weighted by molar-refractivity contribution is 7.89. The topological polar surface area (TPSA) is 96.0 Å². The van der Waals surface area contributed by atoms with E-state index in [2.05, 4.69) is 23.7 Å². The Bertz CT molecular complexity index is 933. The molecule has 0 amide bonds. The fraction of sp³-hybridized carbons (Fsp3) is 0.316. The van der Waals surface area contributed by atoms with E-state index < -0.39 is 10.0 Å². The first kappa shape index (κ1) is 19.9. The molecular formula is C19H25N3O3S. The number of nitrogens with zero attached hydrogens (tertiary/aromatic N) is 2. The number of hydrogen-bond acceptors (Lipinski definition) is 5. The summed E-state index contributed by atoms with van der Waals surface area (Å²) in [5.74, 6) is 0.120. The van der Waals surface area contributed by atoms with Gasteiger partial charge in [0.2, 0.25) is 10.0 Å². The van der Waals surface area contributed by atoms with Crippen molar-refractivity contribution in [1.29, 1.82) is 0 Å². The maximum absolute atomic E-state index is 11.6. The summed E-state index contributed by atoms with van der Waals surface area (Å²) in [5.41, 5.74) is 3.63. The molecule has 0 spiro atoms. The number of phenols is 1. The van der Waals surface area contributed by atoms with Crippen molar-refractivity contribution in [3.63, 3.8) is 0 Å². The summed E-state index contributed by atoms with van der Waals surface area (Å²) in [4.78, 5) is 6.52. The molecule has 2 rings (SSSR count). The van der Waals surface area contributed by atoms with Crippen LogP contribution < -0.4 is 10.0 Å². The van der Waals surface area contributed by atoms with Gasteiger partial charge in [0.05, 0.1) is 10.6 Å². The molecule has 0 saturated carbocycles. The van der Waals surface area contributed by atoms with Crippen molar-refractivity contribution in [3.05, 3.63) is 47.0 Å². The number of hydrogen-bond donors (Lipinski definition) is 2. The summed E-state index contributed by atoms with van der Waals surface area (Å²) in [6.45, 7) is 9.47. The third-order valence-electron chi connectivity index (χ3n) is 4.43. The highest BCUT2D eigenvalue weighted by Crippen LogP contribution is 2.28. The summed E-state index contributed by atoms with van der Waals surface area (Å²) in [5, 5.41) is 15.5. The second-order valence-electron chi connectivity index (χ2n) is 6.10. The Balaban J connectivity index is 2.40. The Morgan fingerprint density at radius 1 is 1.15 bits per heavy atom. The normalized spacial score (nSPS) is 11.9. The molecule has 0 fully saturated rings. The predicted molar refractivity (Wildman–Crippen MR) is 106 cm³/mol. The van der Waals surface area contributed by atoms with Crippen LogP contribution in [-0.2, 0) is 10.0 Å². The molecule has 0 aromatic heterocycles. The van der Waals surface area contributed by atoms with Gasteiger partial charge in [-0.15, -0.1) is 0 Å². The van der Waals surface area contributed by atoms with E-state index in [0.717, 1.165) is 29.9 Å². The van der Waals surface area contributed by atoms with Gasteiger partial charge in [0, 0.05) is 36.6 Å². The maximum Gasteiger partial charge on any atom is 0.238 e. The van der Waals surface area contributed by atoms with Gasteiger partial charge in [-0.05, 0) is 63.1 Å². The second kappa shape index (κ2) is 7.88. The number of phenolic OH excluding ortho intramolecular Hbond substituents is 1. The monoisotopic (exact) mass is 375 g/mol. The molecule has 2 aromatic carbocycles.